The Morgan fingerprint density at radius 3 is 0.933 bits per heavy atom. The quantitative estimate of drug-likeness (QED) is 0.0893. The van der Waals surface area contributed by atoms with Gasteiger partial charge < -0.3 is 28.7 Å². The molecule has 6 aromatic carbocycles. The molecule has 1 aliphatic rings. The van der Waals surface area contributed by atoms with Crippen molar-refractivity contribution in [2.75, 3.05) is 14.2 Å². The van der Waals surface area contributed by atoms with E-state index in [1.165, 1.54) is 14.2 Å². The Morgan fingerprint density at radius 1 is 0.367 bits per heavy atom. The van der Waals surface area contributed by atoms with Crippen molar-refractivity contribution >= 4 is 23.8 Å². The number of carbonyl (C=O) groups excluding carboxylic acids is 4. The Morgan fingerprint density at radius 2 is 0.633 bits per heavy atom. The first-order valence-electron chi connectivity index (χ1n) is 19.8. The first-order chi connectivity index (χ1) is 29.3. The second kappa shape index (κ2) is 19.5. The van der Waals surface area contributed by atoms with Crippen LogP contribution in [0.15, 0.2) is 170 Å². The molecule has 1 aliphatic carbocycles. The number of carbonyl (C=O) groups is 4. The summed E-state index contributed by atoms with van der Waals surface area (Å²) in [6, 6.07) is 52.5. The van der Waals surface area contributed by atoms with Gasteiger partial charge in [0.25, 0.3) is 0 Å². The van der Waals surface area contributed by atoms with E-state index in [2.05, 4.69) is 0 Å². The van der Waals surface area contributed by atoms with Gasteiger partial charge in [0, 0.05) is 26.2 Å². The van der Waals surface area contributed by atoms with E-state index in [0.29, 0.717) is 23.0 Å². The van der Waals surface area contributed by atoms with Crippen LogP contribution in [0.1, 0.15) is 22.3 Å². The number of ether oxygens (including phenoxy) is 4. The first-order valence-corrected chi connectivity index (χ1v) is 19.8. The fourth-order valence-corrected chi connectivity index (χ4v) is 7.69. The number of rotatable bonds is 16. The number of hydrogen-bond donors (Lipinski definition) is 0. The lowest BCUT2D eigenvalue weighted by molar-refractivity contribution is -0.190. The molecule has 10 nitrogen and oxygen atoms in total. The fourth-order valence-electron chi connectivity index (χ4n) is 7.69. The molecule has 10 heteroatoms. The summed E-state index contributed by atoms with van der Waals surface area (Å²) < 4.78 is 22.5. The molecule has 304 valence electrons. The Labute approximate surface area is 349 Å². The minimum absolute atomic E-state index is 0.153. The monoisotopic (exact) mass is 802 g/mol. The molecular formula is C50H46N2O8. The zero-order valence-corrected chi connectivity index (χ0v) is 33.5. The van der Waals surface area contributed by atoms with Crippen LogP contribution in [-0.4, -0.2) is 47.8 Å². The second-order valence-corrected chi connectivity index (χ2v) is 14.6. The molecule has 2 amide bonds. The van der Waals surface area contributed by atoms with Gasteiger partial charge in [-0.15, -0.1) is 0 Å². The van der Waals surface area contributed by atoms with E-state index in [9.17, 15) is 19.2 Å². The van der Waals surface area contributed by atoms with Gasteiger partial charge >= 0.3 is 11.9 Å². The molecule has 7 rings (SSSR count). The lowest BCUT2D eigenvalue weighted by atomic mass is 9.55. The summed E-state index contributed by atoms with van der Waals surface area (Å²) in [5.41, 5.74) is 3.29. The highest BCUT2D eigenvalue weighted by atomic mass is 16.5. The van der Waals surface area contributed by atoms with Gasteiger partial charge in [-0.05, 0) is 70.8 Å². The normalized spacial score (nSPS) is 16.7. The highest BCUT2D eigenvalue weighted by Crippen LogP contribution is 2.50. The predicted octanol–water partition coefficient (Wildman–Crippen LogP) is 8.85. The summed E-state index contributed by atoms with van der Waals surface area (Å²) >= 11 is 0. The maximum absolute atomic E-state index is 14.9. The highest BCUT2D eigenvalue weighted by molar-refractivity contribution is 6.00. The number of benzene rings is 6. The smallest absolute Gasteiger partial charge is 0.310 e. The van der Waals surface area contributed by atoms with E-state index in [1.807, 2.05) is 170 Å². The number of hydrogen-bond acceptors (Lipinski definition) is 8. The standard InChI is InChI=1S/C50H46N2O8/c1-57-49(55)45-43(47(53)51(31-35-15-7-3-8-16-35)33-37-23-27-41(28-24-37)59-39-19-11-5-12-20-39)46(50(56)58-2)44(45)48(54)52(32-36-17-9-4-10-18-36)34-38-25-29-42(30-26-38)60-40-21-13-6-14-22-40/h3-30,43-46H,31-34H2,1-2H3. The molecule has 0 atom stereocenters. The van der Waals surface area contributed by atoms with Gasteiger partial charge in [0.2, 0.25) is 11.8 Å². The third-order valence-electron chi connectivity index (χ3n) is 10.7. The molecule has 0 radical (unpaired) electrons. The summed E-state index contributed by atoms with van der Waals surface area (Å²) in [5.74, 6) is -4.77. The van der Waals surface area contributed by atoms with E-state index < -0.39 is 47.4 Å². The van der Waals surface area contributed by atoms with Crippen LogP contribution in [0.5, 0.6) is 23.0 Å². The molecular weight excluding hydrogens is 757 g/mol. The Bertz CT molecular complexity index is 2170. The molecule has 1 fully saturated rings. The molecule has 0 unspecified atom stereocenters. The van der Waals surface area contributed by atoms with E-state index in [-0.39, 0.29) is 26.2 Å². The zero-order valence-electron chi connectivity index (χ0n) is 33.5. The van der Waals surface area contributed by atoms with E-state index in [0.717, 1.165) is 22.3 Å². The Kier molecular flexibility index (Phi) is 13.3. The number of methoxy groups -OCH3 is 2. The third-order valence-corrected chi connectivity index (χ3v) is 10.7. The minimum Gasteiger partial charge on any atom is -0.469 e. The number of esters is 2. The van der Waals surface area contributed by atoms with Crippen LogP contribution in [0.25, 0.3) is 0 Å². The van der Waals surface area contributed by atoms with Crippen LogP contribution in [0, 0.1) is 23.7 Å². The molecule has 6 aromatic rings. The average molecular weight is 803 g/mol. The summed E-state index contributed by atoms with van der Waals surface area (Å²) in [7, 11) is 2.44. The van der Waals surface area contributed by atoms with Gasteiger partial charge in [-0.25, -0.2) is 0 Å². The summed E-state index contributed by atoms with van der Waals surface area (Å²) in [6.45, 7) is 0.673. The van der Waals surface area contributed by atoms with Crippen LogP contribution in [0.2, 0.25) is 0 Å². The van der Waals surface area contributed by atoms with Gasteiger partial charge in [0.1, 0.15) is 23.0 Å². The van der Waals surface area contributed by atoms with Crippen molar-refractivity contribution in [2.24, 2.45) is 23.7 Å². The molecule has 0 aromatic heterocycles. The van der Waals surface area contributed by atoms with Crippen molar-refractivity contribution in [3.8, 4) is 23.0 Å². The highest BCUT2D eigenvalue weighted by Gasteiger charge is 2.65. The maximum atomic E-state index is 14.9. The first kappa shape index (κ1) is 41.0. The lowest BCUT2D eigenvalue weighted by Gasteiger charge is -2.49. The largest absolute Gasteiger partial charge is 0.469 e. The number of nitrogens with zero attached hydrogens (tertiary/aromatic N) is 2. The van der Waals surface area contributed by atoms with Crippen LogP contribution in [0.4, 0.5) is 0 Å². The van der Waals surface area contributed by atoms with E-state index >= 15 is 0 Å². The van der Waals surface area contributed by atoms with Gasteiger partial charge in [0.05, 0.1) is 37.9 Å². The molecule has 0 aliphatic heterocycles. The second-order valence-electron chi connectivity index (χ2n) is 14.6. The maximum Gasteiger partial charge on any atom is 0.310 e. The van der Waals surface area contributed by atoms with Crippen molar-refractivity contribution in [1.29, 1.82) is 0 Å². The van der Waals surface area contributed by atoms with Crippen molar-refractivity contribution < 1.29 is 38.1 Å². The molecule has 1 saturated carbocycles. The lowest BCUT2D eigenvalue weighted by Crippen LogP contribution is -2.64. The summed E-state index contributed by atoms with van der Waals surface area (Å²) in [6.07, 6.45) is 0. The molecule has 0 N–H and O–H groups in total. The van der Waals surface area contributed by atoms with Crippen molar-refractivity contribution in [1.82, 2.24) is 9.80 Å². The molecule has 0 heterocycles. The predicted molar refractivity (Wildman–Crippen MR) is 225 cm³/mol. The van der Waals surface area contributed by atoms with Crippen molar-refractivity contribution in [3.63, 3.8) is 0 Å². The van der Waals surface area contributed by atoms with Crippen LogP contribution in [-0.2, 0) is 54.8 Å². The van der Waals surface area contributed by atoms with Gasteiger partial charge in [-0.1, -0.05) is 121 Å². The molecule has 60 heavy (non-hydrogen) atoms. The van der Waals surface area contributed by atoms with Crippen LogP contribution in [0.3, 0.4) is 0 Å². The number of amides is 2. The van der Waals surface area contributed by atoms with E-state index in [1.54, 1.807) is 9.80 Å². The zero-order chi connectivity index (χ0) is 41.8. The van der Waals surface area contributed by atoms with E-state index in [4.69, 9.17) is 18.9 Å². The molecule has 0 spiro atoms. The Balaban J connectivity index is 1.17. The van der Waals surface area contributed by atoms with Crippen LogP contribution >= 0.6 is 0 Å². The minimum atomic E-state index is -1.25. The SMILES string of the molecule is COC(=O)C1C(C(=O)N(Cc2ccccc2)Cc2ccc(Oc3ccccc3)cc2)C(C(=O)OC)C1C(=O)N(Cc1ccccc1)Cc1ccc(Oc2ccccc2)cc1. The summed E-state index contributed by atoms with van der Waals surface area (Å²) in [5, 5.41) is 0. The molecule has 0 saturated heterocycles. The Hall–Kier alpha value is -7.20. The van der Waals surface area contributed by atoms with Gasteiger partial charge in [-0.3, -0.25) is 19.2 Å². The number of para-hydroxylation sites is 2. The molecule has 0 bridgehead atoms. The third kappa shape index (κ3) is 9.90. The van der Waals surface area contributed by atoms with Crippen molar-refractivity contribution in [3.05, 3.63) is 192 Å². The van der Waals surface area contributed by atoms with Gasteiger partial charge in [0.15, 0.2) is 0 Å². The topological polar surface area (TPSA) is 112 Å². The van der Waals surface area contributed by atoms with Gasteiger partial charge in [-0.2, -0.15) is 0 Å². The summed E-state index contributed by atoms with van der Waals surface area (Å²) in [4.78, 5) is 60.7. The average Bonchev–Trinajstić information content (AvgIpc) is 3.28. The fraction of sp³-hybridized carbons (Fsp3) is 0.200. The van der Waals surface area contributed by atoms with Crippen molar-refractivity contribution in [2.45, 2.75) is 26.2 Å². The van der Waals surface area contributed by atoms with Crippen LogP contribution < -0.4 is 9.47 Å².